The number of benzene rings is 2. The molecule has 0 spiro atoms. The summed E-state index contributed by atoms with van der Waals surface area (Å²) in [6.45, 7) is 7.31. The molecule has 0 radical (unpaired) electrons. The first-order valence-electron chi connectivity index (χ1n) is 11.5. The minimum Gasteiger partial charge on any atom is -0.490 e. The number of rotatable bonds is 11. The van der Waals surface area contributed by atoms with Crippen LogP contribution in [-0.2, 0) is 11.2 Å². The number of aliphatic hydroxyl groups is 2. The normalized spacial score (nSPS) is 12.0. The fraction of sp³-hybridized carbons (Fsp3) is 0.385. The first-order valence-corrected chi connectivity index (χ1v) is 11.5. The largest absolute Gasteiger partial charge is 0.490 e. The van der Waals surface area contributed by atoms with Gasteiger partial charge in [0.1, 0.15) is 31.4 Å². The van der Waals surface area contributed by atoms with Crippen molar-refractivity contribution in [3.05, 3.63) is 52.6 Å². The highest BCUT2D eigenvalue weighted by atomic mass is 16.5. The number of hydrogen-bond donors (Lipinski definition) is 3. The van der Waals surface area contributed by atoms with Crippen LogP contribution >= 0.6 is 0 Å². The Balaban J connectivity index is 1.82. The number of nitrogens with zero attached hydrogens (tertiary/aromatic N) is 2. The van der Waals surface area contributed by atoms with Gasteiger partial charge < -0.3 is 24.8 Å². The molecule has 0 unspecified atom stereocenters. The topological polar surface area (TPSA) is 135 Å². The molecule has 0 saturated carbocycles. The zero-order chi connectivity index (χ0) is 25.5. The SMILES string of the molecule is CCc1cc(-c2noc(-c3cc(C=O)cc(C(C)C)c3)n2)cc(C)c1OC[C@@H](O)CNC(=O)CO. The minimum atomic E-state index is -0.924. The highest BCUT2D eigenvalue weighted by molar-refractivity contribution is 5.78. The van der Waals surface area contributed by atoms with E-state index in [0.717, 1.165) is 28.5 Å². The lowest BCUT2D eigenvalue weighted by Gasteiger charge is -2.17. The van der Waals surface area contributed by atoms with E-state index in [0.29, 0.717) is 35.0 Å². The van der Waals surface area contributed by atoms with Crippen molar-refractivity contribution in [1.29, 1.82) is 0 Å². The van der Waals surface area contributed by atoms with Crippen molar-refractivity contribution in [3.63, 3.8) is 0 Å². The number of aliphatic hydroxyl groups excluding tert-OH is 2. The van der Waals surface area contributed by atoms with E-state index in [2.05, 4.69) is 29.3 Å². The maximum atomic E-state index is 11.4. The number of carbonyl (C=O) groups is 2. The average Bonchev–Trinajstić information content (AvgIpc) is 3.36. The Bertz CT molecular complexity index is 1190. The molecule has 1 atom stereocenters. The highest BCUT2D eigenvalue weighted by Gasteiger charge is 2.17. The third-order valence-corrected chi connectivity index (χ3v) is 5.54. The zero-order valence-corrected chi connectivity index (χ0v) is 20.4. The Labute approximate surface area is 204 Å². The van der Waals surface area contributed by atoms with Crippen LogP contribution in [0, 0.1) is 6.92 Å². The summed E-state index contributed by atoms with van der Waals surface area (Å²) in [6.07, 6.45) is 0.553. The van der Waals surface area contributed by atoms with Gasteiger partial charge in [-0.05, 0) is 66.3 Å². The van der Waals surface area contributed by atoms with Crippen molar-refractivity contribution in [2.75, 3.05) is 19.8 Å². The molecule has 0 saturated heterocycles. The fourth-order valence-corrected chi connectivity index (χ4v) is 3.63. The molecular formula is C26H31N3O6. The molecule has 3 rings (SSSR count). The predicted molar refractivity (Wildman–Crippen MR) is 130 cm³/mol. The molecule has 2 aromatic carbocycles. The summed E-state index contributed by atoms with van der Waals surface area (Å²) < 4.78 is 11.4. The predicted octanol–water partition coefficient (Wildman–Crippen LogP) is 3.06. The molecule has 9 heteroatoms. The molecular weight excluding hydrogens is 450 g/mol. The maximum absolute atomic E-state index is 11.4. The smallest absolute Gasteiger partial charge is 0.258 e. The van der Waals surface area contributed by atoms with Crippen LogP contribution in [0.5, 0.6) is 5.75 Å². The number of aromatic nitrogens is 2. The van der Waals surface area contributed by atoms with E-state index in [1.807, 2.05) is 38.1 Å². The second-order valence-corrected chi connectivity index (χ2v) is 8.65. The van der Waals surface area contributed by atoms with Crippen molar-refractivity contribution < 1.29 is 29.1 Å². The summed E-state index contributed by atoms with van der Waals surface area (Å²) in [5.41, 5.74) is 4.74. The Kier molecular flexibility index (Phi) is 8.73. The van der Waals surface area contributed by atoms with Gasteiger partial charge in [0.05, 0.1) is 0 Å². The van der Waals surface area contributed by atoms with Crippen molar-refractivity contribution in [2.24, 2.45) is 0 Å². The van der Waals surface area contributed by atoms with E-state index in [4.69, 9.17) is 14.4 Å². The quantitative estimate of drug-likeness (QED) is 0.356. The van der Waals surface area contributed by atoms with E-state index in [1.54, 1.807) is 6.07 Å². The van der Waals surface area contributed by atoms with Gasteiger partial charge in [0.15, 0.2) is 0 Å². The molecule has 9 nitrogen and oxygen atoms in total. The number of carbonyl (C=O) groups excluding carboxylic acids is 2. The van der Waals surface area contributed by atoms with Gasteiger partial charge in [0.2, 0.25) is 11.7 Å². The van der Waals surface area contributed by atoms with Gasteiger partial charge in [-0.25, -0.2) is 0 Å². The van der Waals surface area contributed by atoms with Crippen molar-refractivity contribution in [3.8, 4) is 28.6 Å². The molecule has 35 heavy (non-hydrogen) atoms. The Morgan fingerprint density at radius 2 is 1.97 bits per heavy atom. The number of hydrogen-bond acceptors (Lipinski definition) is 8. The molecule has 3 aromatic rings. The third-order valence-electron chi connectivity index (χ3n) is 5.54. The Hall–Kier alpha value is -3.56. The van der Waals surface area contributed by atoms with Gasteiger partial charge in [-0.2, -0.15) is 4.98 Å². The van der Waals surface area contributed by atoms with Gasteiger partial charge in [-0.3, -0.25) is 9.59 Å². The summed E-state index contributed by atoms with van der Waals surface area (Å²) in [7, 11) is 0. The summed E-state index contributed by atoms with van der Waals surface area (Å²) in [4.78, 5) is 27.1. The van der Waals surface area contributed by atoms with Crippen LogP contribution in [-0.4, -0.2) is 58.4 Å². The van der Waals surface area contributed by atoms with Crippen molar-refractivity contribution >= 4 is 12.2 Å². The van der Waals surface area contributed by atoms with Crippen LogP contribution in [0.1, 0.15) is 53.7 Å². The maximum Gasteiger partial charge on any atom is 0.258 e. The number of amides is 1. The third kappa shape index (κ3) is 6.52. The molecule has 1 heterocycles. The van der Waals surface area contributed by atoms with Crippen LogP contribution in [0.4, 0.5) is 0 Å². The standard InChI is InChI=1S/C26H31N3O6/c1-5-18-9-20(6-16(4)24(18)34-14-22(32)11-27-23(33)13-31)25-28-26(35-29-25)21-8-17(12-30)7-19(10-21)15(2)3/h6-10,12,15,22,31-32H,5,11,13-14H2,1-4H3,(H,27,33)/t22-/m0/s1. The first kappa shape index (κ1) is 26.1. The van der Waals surface area contributed by atoms with Gasteiger partial charge in [0, 0.05) is 23.2 Å². The lowest BCUT2D eigenvalue weighted by atomic mass is 9.98. The van der Waals surface area contributed by atoms with Gasteiger partial charge in [-0.15, -0.1) is 0 Å². The van der Waals surface area contributed by atoms with Crippen LogP contribution in [0.15, 0.2) is 34.9 Å². The molecule has 186 valence electrons. The molecule has 0 fully saturated rings. The van der Waals surface area contributed by atoms with E-state index in [-0.39, 0.29) is 19.1 Å². The fourth-order valence-electron chi connectivity index (χ4n) is 3.63. The van der Waals surface area contributed by atoms with Gasteiger partial charge >= 0.3 is 0 Å². The monoisotopic (exact) mass is 481 g/mol. The number of ether oxygens (including phenoxy) is 1. The molecule has 0 aliphatic rings. The summed E-state index contributed by atoms with van der Waals surface area (Å²) in [5, 5.41) is 25.4. The second-order valence-electron chi connectivity index (χ2n) is 8.65. The van der Waals surface area contributed by atoms with E-state index < -0.39 is 18.6 Å². The molecule has 0 aliphatic heterocycles. The Morgan fingerprint density at radius 1 is 1.20 bits per heavy atom. The van der Waals surface area contributed by atoms with Crippen molar-refractivity contribution in [1.82, 2.24) is 15.5 Å². The van der Waals surface area contributed by atoms with Gasteiger partial charge in [-0.1, -0.05) is 25.9 Å². The zero-order valence-electron chi connectivity index (χ0n) is 20.4. The van der Waals surface area contributed by atoms with Crippen LogP contribution in [0.3, 0.4) is 0 Å². The van der Waals surface area contributed by atoms with E-state index >= 15 is 0 Å². The first-order chi connectivity index (χ1) is 16.7. The van der Waals surface area contributed by atoms with E-state index in [1.165, 1.54) is 0 Å². The van der Waals surface area contributed by atoms with Crippen LogP contribution in [0.25, 0.3) is 22.8 Å². The number of aldehydes is 1. The minimum absolute atomic E-state index is 0.0174. The molecule has 0 bridgehead atoms. The number of nitrogens with one attached hydrogen (secondary N) is 1. The number of aryl methyl sites for hydroxylation is 2. The Morgan fingerprint density at radius 3 is 2.63 bits per heavy atom. The average molecular weight is 482 g/mol. The summed E-state index contributed by atoms with van der Waals surface area (Å²) in [6, 6.07) is 9.32. The second kappa shape index (κ2) is 11.7. The van der Waals surface area contributed by atoms with Crippen LogP contribution < -0.4 is 10.1 Å². The molecule has 3 N–H and O–H groups in total. The molecule has 1 aromatic heterocycles. The van der Waals surface area contributed by atoms with Crippen molar-refractivity contribution in [2.45, 2.75) is 46.1 Å². The van der Waals surface area contributed by atoms with Crippen LogP contribution in [0.2, 0.25) is 0 Å². The molecule has 1 amide bonds. The lowest BCUT2D eigenvalue weighted by Crippen LogP contribution is -2.36. The summed E-state index contributed by atoms with van der Waals surface area (Å²) in [5.74, 6) is 1.07. The highest BCUT2D eigenvalue weighted by Crippen LogP contribution is 2.32. The van der Waals surface area contributed by atoms with E-state index in [9.17, 15) is 14.7 Å². The molecule has 0 aliphatic carbocycles. The van der Waals surface area contributed by atoms with Gasteiger partial charge in [0.25, 0.3) is 5.89 Å². The summed E-state index contributed by atoms with van der Waals surface area (Å²) >= 11 is 0. The lowest BCUT2D eigenvalue weighted by molar-refractivity contribution is -0.124.